The van der Waals surface area contributed by atoms with Gasteiger partial charge in [-0.1, -0.05) is 36.1 Å². The Hall–Kier alpha value is -1.80. The van der Waals surface area contributed by atoms with Gasteiger partial charge in [-0.2, -0.15) is 0 Å². The average molecular weight is 365 g/mol. The third-order valence-electron chi connectivity index (χ3n) is 3.33. The fraction of sp³-hybridized carbons (Fsp3) is 0.438. The number of carbonyl (C=O) groups excluding carboxylic acids is 1. The number of amides is 1. The molecule has 3 rings (SSSR count). The molecule has 1 aromatic heterocycles. The lowest BCUT2D eigenvalue weighted by Crippen LogP contribution is -2.15. The predicted octanol–water partition coefficient (Wildman–Crippen LogP) is 3.38. The van der Waals surface area contributed by atoms with Gasteiger partial charge in [-0.05, 0) is 30.5 Å². The molecule has 2 aromatic rings. The fourth-order valence-electron chi connectivity index (χ4n) is 2.19. The summed E-state index contributed by atoms with van der Waals surface area (Å²) in [6.45, 7) is 3.26. The molecule has 0 atom stereocenters. The van der Waals surface area contributed by atoms with E-state index in [9.17, 15) is 4.79 Å². The normalized spacial score (nSPS) is 12.9. The number of benzene rings is 1. The second-order valence-corrected chi connectivity index (χ2v) is 7.57. The second-order valence-electron chi connectivity index (χ2n) is 5.25. The van der Waals surface area contributed by atoms with Crippen molar-refractivity contribution in [3.8, 4) is 11.5 Å². The molecule has 6 nitrogen and oxygen atoms in total. The zero-order chi connectivity index (χ0) is 16.8. The van der Waals surface area contributed by atoms with Crippen LogP contribution in [-0.2, 0) is 11.2 Å². The lowest BCUT2D eigenvalue weighted by molar-refractivity contribution is -0.116. The molecule has 8 heteroatoms. The van der Waals surface area contributed by atoms with Crippen molar-refractivity contribution in [1.29, 1.82) is 0 Å². The highest BCUT2D eigenvalue weighted by Gasteiger charge is 2.13. The quantitative estimate of drug-likeness (QED) is 0.599. The van der Waals surface area contributed by atoms with Gasteiger partial charge in [0.05, 0.1) is 0 Å². The summed E-state index contributed by atoms with van der Waals surface area (Å²) in [6.07, 6.45) is 2.11. The number of rotatable bonds is 7. The number of aromatic nitrogens is 2. The number of hydrogen-bond donors (Lipinski definition) is 1. The van der Waals surface area contributed by atoms with Crippen LogP contribution in [0.25, 0.3) is 0 Å². The number of nitrogens with one attached hydrogen (secondary N) is 1. The SMILES string of the molecule is CCCSc1nnc(NC(=O)CCc2ccc3c(c2)OCCO3)s1. The summed E-state index contributed by atoms with van der Waals surface area (Å²) in [4.78, 5) is 12.1. The molecule has 1 aromatic carbocycles. The van der Waals surface area contributed by atoms with Crippen molar-refractivity contribution in [3.63, 3.8) is 0 Å². The number of nitrogens with zero attached hydrogens (tertiary/aromatic N) is 2. The zero-order valence-corrected chi connectivity index (χ0v) is 15.0. The maximum Gasteiger partial charge on any atom is 0.226 e. The van der Waals surface area contributed by atoms with E-state index in [4.69, 9.17) is 9.47 Å². The van der Waals surface area contributed by atoms with Crippen molar-refractivity contribution in [2.45, 2.75) is 30.5 Å². The number of hydrogen-bond acceptors (Lipinski definition) is 7. The number of carbonyl (C=O) groups is 1. The van der Waals surface area contributed by atoms with Crippen LogP contribution in [0.3, 0.4) is 0 Å². The summed E-state index contributed by atoms with van der Waals surface area (Å²) >= 11 is 3.07. The molecule has 0 unspecified atom stereocenters. The first-order valence-electron chi connectivity index (χ1n) is 7.89. The highest BCUT2D eigenvalue weighted by atomic mass is 32.2. The van der Waals surface area contributed by atoms with E-state index >= 15 is 0 Å². The van der Waals surface area contributed by atoms with Crippen LogP contribution in [0.5, 0.6) is 11.5 Å². The zero-order valence-electron chi connectivity index (χ0n) is 13.4. The van der Waals surface area contributed by atoms with E-state index in [1.807, 2.05) is 18.2 Å². The number of aryl methyl sites for hydroxylation is 1. The van der Waals surface area contributed by atoms with Gasteiger partial charge in [-0.3, -0.25) is 4.79 Å². The topological polar surface area (TPSA) is 73.3 Å². The Morgan fingerprint density at radius 1 is 1.29 bits per heavy atom. The van der Waals surface area contributed by atoms with E-state index in [-0.39, 0.29) is 5.91 Å². The number of thioether (sulfide) groups is 1. The van der Waals surface area contributed by atoms with Crippen molar-refractivity contribution in [2.75, 3.05) is 24.3 Å². The minimum Gasteiger partial charge on any atom is -0.486 e. The Balaban J connectivity index is 1.49. The number of fused-ring (bicyclic) bond motifs is 1. The summed E-state index contributed by atoms with van der Waals surface area (Å²) in [7, 11) is 0. The summed E-state index contributed by atoms with van der Waals surface area (Å²) in [6, 6.07) is 5.79. The molecular weight excluding hydrogens is 346 g/mol. The summed E-state index contributed by atoms with van der Waals surface area (Å²) in [5.74, 6) is 2.46. The Bertz CT molecular complexity index is 706. The maximum atomic E-state index is 12.1. The average Bonchev–Trinajstić information content (AvgIpc) is 3.05. The minimum absolute atomic E-state index is 0.0620. The van der Waals surface area contributed by atoms with Crippen LogP contribution in [0.4, 0.5) is 5.13 Å². The molecular formula is C16H19N3O3S2. The molecule has 0 radical (unpaired) electrons. The third kappa shape index (κ3) is 4.61. The van der Waals surface area contributed by atoms with E-state index in [0.29, 0.717) is 31.2 Å². The lowest BCUT2D eigenvalue weighted by Gasteiger charge is -2.18. The molecule has 1 amide bonds. The molecule has 0 spiro atoms. The van der Waals surface area contributed by atoms with Gasteiger partial charge >= 0.3 is 0 Å². The molecule has 0 bridgehead atoms. The molecule has 128 valence electrons. The van der Waals surface area contributed by atoms with E-state index in [0.717, 1.165) is 33.6 Å². The van der Waals surface area contributed by atoms with Gasteiger partial charge in [0.15, 0.2) is 15.8 Å². The van der Waals surface area contributed by atoms with Gasteiger partial charge in [0.1, 0.15) is 13.2 Å². The van der Waals surface area contributed by atoms with Gasteiger partial charge in [0.2, 0.25) is 11.0 Å². The Kier molecular flexibility index (Phi) is 5.92. The molecule has 0 fully saturated rings. The first kappa shape index (κ1) is 17.0. The van der Waals surface area contributed by atoms with Crippen LogP contribution in [0.15, 0.2) is 22.5 Å². The van der Waals surface area contributed by atoms with Crippen LogP contribution in [0.2, 0.25) is 0 Å². The Labute approximate surface area is 149 Å². The predicted molar refractivity (Wildman–Crippen MR) is 95.3 cm³/mol. The van der Waals surface area contributed by atoms with Crippen molar-refractivity contribution in [2.24, 2.45) is 0 Å². The lowest BCUT2D eigenvalue weighted by atomic mass is 10.1. The van der Waals surface area contributed by atoms with Gasteiger partial charge in [0, 0.05) is 12.2 Å². The molecule has 0 aliphatic carbocycles. The van der Waals surface area contributed by atoms with Crippen LogP contribution in [-0.4, -0.2) is 35.1 Å². The van der Waals surface area contributed by atoms with Crippen LogP contribution >= 0.6 is 23.1 Å². The van der Waals surface area contributed by atoms with Gasteiger partial charge in [-0.15, -0.1) is 10.2 Å². The highest BCUT2D eigenvalue weighted by Crippen LogP contribution is 2.31. The molecule has 2 heterocycles. The smallest absolute Gasteiger partial charge is 0.226 e. The minimum atomic E-state index is -0.0620. The van der Waals surface area contributed by atoms with Crippen molar-refractivity contribution >= 4 is 34.1 Å². The van der Waals surface area contributed by atoms with E-state index in [1.165, 1.54) is 11.3 Å². The standard InChI is InChI=1S/C16H19N3O3S2/c1-2-9-23-16-19-18-15(24-16)17-14(20)6-4-11-3-5-12-13(10-11)22-8-7-21-12/h3,5,10H,2,4,6-9H2,1H3,(H,17,18,20). The van der Waals surface area contributed by atoms with Crippen LogP contribution in [0, 0.1) is 0 Å². The maximum absolute atomic E-state index is 12.1. The van der Waals surface area contributed by atoms with E-state index in [2.05, 4.69) is 22.4 Å². The molecule has 0 saturated carbocycles. The van der Waals surface area contributed by atoms with Crippen molar-refractivity contribution < 1.29 is 14.3 Å². The number of anilines is 1. The monoisotopic (exact) mass is 365 g/mol. The summed E-state index contributed by atoms with van der Waals surface area (Å²) in [5.41, 5.74) is 1.05. The van der Waals surface area contributed by atoms with Crippen molar-refractivity contribution in [1.82, 2.24) is 10.2 Å². The highest BCUT2D eigenvalue weighted by molar-refractivity contribution is 8.01. The van der Waals surface area contributed by atoms with Gasteiger partial charge in [0.25, 0.3) is 0 Å². The molecule has 0 saturated heterocycles. The first-order chi connectivity index (χ1) is 11.7. The fourth-order valence-corrected chi connectivity index (χ4v) is 3.88. The summed E-state index contributed by atoms with van der Waals surface area (Å²) in [5, 5.41) is 11.4. The second kappa shape index (κ2) is 8.34. The van der Waals surface area contributed by atoms with E-state index in [1.54, 1.807) is 11.8 Å². The first-order valence-corrected chi connectivity index (χ1v) is 9.69. The van der Waals surface area contributed by atoms with Crippen LogP contribution in [0.1, 0.15) is 25.3 Å². The molecule has 24 heavy (non-hydrogen) atoms. The van der Waals surface area contributed by atoms with Gasteiger partial charge < -0.3 is 14.8 Å². The largest absolute Gasteiger partial charge is 0.486 e. The Morgan fingerprint density at radius 3 is 2.96 bits per heavy atom. The van der Waals surface area contributed by atoms with Crippen LogP contribution < -0.4 is 14.8 Å². The van der Waals surface area contributed by atoms with Crippen molar-refractivity contribution in [3.05, 3.63) is 23.8 Å². The number of ether oxygens (including phenoxy) is 2. The molecule has 1 aliphatic rings. The molecule has 1 N–H and O–H groups in total. The van der Waals surface area contributed by atoms with E-state index < -0.39 is 0 Å². The molecule has 1 aliphatic heterocycles. The third-order valence-corrected chi connectivity index (χ3v) is 5.51. The van der Waals surface area contributed by atoms with Gasteiger partial charge in [-0.25, -0.2) is 0 Å². The summed E-state index contributed by atoms with van der Waals surface area (Å²) < 4.78 is 11.9. The Morgan fingerprint density at radius 2 is 2.12 bits per heavy atom.